The third kappa shape index (κ3) is 5.60. The fraction of sp³-hybridized carbons (Fsp3) is 0.273. The molecule has 0 radical (unpaired) electrons. The van der Waals surface area contributed by atoms with Crippen molar-refractivity contribution in [3.8, 4) is 11.5 Å². The maximum Gasteiger partial charge on any atom is 0.229 e. The Morgan fingerprint density at radius 2 is 1.76 bits per heavy atom. The zero-order valence-corrected chi connectivity index (χ0v) is 18.1. The highest BCUT2D eigenvalue weighted by Crippen LogP contribution is 2.34. The van der Waals surface area contributed by atoms with Crippen LogP contribution in [0, 0.1) is 0 Å². The van der Waals surface area contributed by atoms with Crippen LogP contribution >= 0.6 is 15.9 Å². The summed E-state index contributed by atoms with van der Waals surface area (Å²) in [7, 11) is 0. The van der Waals surface area contributed by atoms with Gasteiger partial charge in [-0.25, -0.2) is 4.68 Å². The lowest BCUT2D eigenvalue weighted by molar-refractivity contribution is -0.115. The molecule has 0 atom stereocenters. The number of nitrogens with one attached hydrogen (secondary N) is 1. The van der Waals surface area contributed by atoms with E-state index in [1.807, 2.05) is 56.3 Å². The minimum Gasteiger partial charge on any atom is -0.490 e. The Morgan fingerprint density at radius 1 is 1.07 bits per heavy atom. The summed E-state index contributed by atoms with van der Waals surface area (Å²) in [6.45, 7) is 5.48. The first-order chi connectivity index (χ1) is 14.1. The second-order valence-electron chi connectivity index (χ2n) is 6.34. The quantitative estimate of drug-likeness (QED) is 0.506. The largest absolute Gasteiger partial charge is 0.490 e. The maximum absolute atomic E-state index is 12.7. The molecule has 0 saturated heterocycles. The van der Waals surface area contributed by atoms with E-state index >= 15 is 0 Å². The number of carbonyl (C=O) groups excluding carboxylic acids is 1. The van der Waals surface area contributed by atoms with Gasteiger partial charge in [-0.15, -0.1) is 0 Å². The molecular weight excluding hydrogens is 434 g/mol. The number of ether oxygens (including phenoxy) is 2. The smallest absolute Gasteiger partial charge is 0.229 e. The van der Waals surface area contributed by atoms with Crippen molar-refractivity contribution in [2.24, 2.45) is 0 Å². The van der Waals surface area contributed by atoms with Crippen molar-refractivity contribution in [2.75, 3.05) is 18.5 Å². The molecule has 2 aromatic carbocycles. The zero-order chi connectivity index (χ0) is 20.6. The number of amides is 1. The van der Waals surface area contributed by atoms with Crippen molar-refractivity contribution >= 4 is 27.7 Å². The summed E-state index contributed by atoms with van der Waals surface area (Å²) in [4.78, 5) is 12.7. The van der Waals surface area contributed by atoms with Crippen molar-refractivity contribution in [1.82, 2.24) is 9.78 Å². The first-order valence-corrected chi connectivity index (χ1v) is 10.3. The van der Waals surface area contributed by atoms with Gasteiger partial charge in [0.1, 0.15) is 5.82 Å². The van der Waals surface area contributed by atoms with E-state index in [0.29, 0.717) is 37.1 Å². The fourth-order valence-corrected chi connectivity index (χ4v) is 3.39. The molecule has 0 aliphatic carbocycles. The lowest BCUT2D eigenvalue weighted by Crippen LogP contribution is -2.18. The molecule has 7 heteroatoms. The molecule has 0 bridgehead atoms. The molecule has 3 rings (SSSR count). The molecule has 0 fully saturated rings. The van der Waals surface area contributed by atoms with Gasteiger partial charge in [-0.2, -0.15) is 5.10 Å². The number of aromatic nitrogens is 2. The Labute approximate surface area is 179 Å². The summed E-state index contributed by atoms with van der Waals surface area (Å²) in [5, 5.41) is 7.26. The number of hydrogen-bond acceptors (Lipinski definition) is 4. The van der Waals surface area contributed by atoms with Gasteiger partial charge < -0.3 is 14.8 Å². The average molecular weight is 458 g/mol. The molecule has 1 heterocycles. The monoisotopic (exact) mass is 457 g/mol. The van der Waals surface area contributed by atoms with Crippen molar-refractivity contribution < 1.29 is 14.3 Å². The maximum atomic E-state index is 12.7. The molecule has 0 saturated carbocycles. The van der Waals surface area contributed by atoms with Gasteiger partial charge >= 0.3 is 0 Å². The van der Waals surface area contributed by atoms with Crippen LogP contribution < -0.4 is 14.8 Å². The van der Waals surface area contributed by atoms with E-state index in [-0.39, 0.29) is 12.3 Å². The third-order valence-corrected chi connectivity index (χ3v) is 4.96. The summed E-state index contributed by atoms with van der Waals surface area (Å²) < 4.78 is 13.9. The number of anilines is 1. The molecule has 152 valence electrons. The number of benzene rings is 2. The number of halogens is 1. The zero-order valence-electron chi connectivity index (χ0n) is 16.5. The molecule has 0 spiro atoms. The molecule has 3 aromatic rings. The molecule has 1 aromatic heterocycles. The molecular formula is C22H24BrN3O3. The summed E-state index contributed by atoms with van der Waals surface area (Å²) in [6.07, 6.45) is 1.88. The summed E-state index contributed by atoms with van der Waals surface area (Å²) in [5.74, 6) is 1.82. The second kappa shape index (κ2) is 10.1. The van der Waals surface area contributed by atoms with Gasteiger partial charge in [0.2, 0.25) is 5.91 Å². The van der Waals surface area contributed by atoms with Gasteiger partial charge in [0, 0.05) is 10.5 Å². The average Bonchev–Trinajstić information content (AvgIpc) is 3.13. The van der Waals surface area contributed by atoms with Crippen LogP contribution in [0.5, 0.6) is 11.5 Å². The van der Waals surface area contributed by atoms with Crippen LogP contribution in [0.25, 0.3) is 0 Å². The van der Waals surface area contributed by atoms with Gasteiger partial charge in [-0.1, -0.05) is 46.3 Å². The Balaban J connectivity index is 1.71. The summed E-state index contributed by atoms with van der Waals surface area (Å²) in [6, 6.07) is 15.5. The molecule has 1 amide bonds. The lowest BCUT2D eigenvalue weighted by Gasteiger charge is -2.14. The standard InChI is InChI=1S/C22H24BrN3O3/c1-3-28-19-12-17(18(23)14-20(19)29-4-2)13-22(27)25-21-10-11-24-26(21)15-16-8-6-5-7-9-16/h5-12,14H,3-4,13,15H2,1-2H3,(H,25,27). The topological polar surface area (TPSA) is 65.4 Å². The molecule has 0 aliphatic rings. The lowest BCUT2D eigenvalue weighted by atomic mass is 10.1. The van der Waals surface area contributed by atoms with Crippen LogP contribution in [0.2, 0.25) is 0 Å². The van der Waals surface area contributed by atoms with Gasteiger partial charge in [-0.05, 0) is 37.1 Å². The van der Waals surface area contributed by atoms with E-state index in [4.69, 9.17) is 9.47 Å². The second-order valence-corrected chi connectivity index (χ2v) is 7.20. The van der Waals surface area contributed by atoms with Crippen LogP contribution in [0.15, 0.2) is 59.2 Å². The molecule has 1 N–H and O–H groups in total. The van der Waals surface area contributed by atoms with Crippen molar-refractivity contribution in [3.05, 3.63) is 70.3 Å². The highest BCUT2D eigenvalue weighted by Gasteiger charge is 2.15. The van der Waals surface area contributed by atoms with E-state index in [9.17, 15) is 4.79 Å². The van der Waals surface area contributed by atoms with Crippen LogP contribution in [0.4, 0.5) is 5.82 Å². The van der Waals surface area contributed by atoms with E-state index in [1.54, 1.807) is 16.9 Å². The Hall–Kier alpha value is -2.80. The molecule has 0 aliphatic heterocycles. The number of nitrogens with zero attached hydrogens (tertiary/aromatic N) is 2. The molecule has 6 nitrogen and oxygen atoms in total. The minimum atomic E-state index is -0.132. The van der Waals surface area contributed by atoms with Gasteiger partial charge in [0.05, 0.1) is 32.4 Å². The fourth-order valence-electron chi connectivity index (χ4n) is 2.93. The summed E-state index contributed by atoms with van der Waals surface area (Å²) >= 11 is 3.53. The van der Waals surface area contributed by atoms with Crippen molar-refractivity contribution in [2.45, 2.75) is 26.8 Å². The first-order valence-electron chi connectivity index (χ1n) is 9.54. The van der Waals surface area contributed by atoms with Crippen molar-refractivity contribution in [3.63, 3.8) is 0 Å². The van der Waals surface area contributed by atoms with E-state index < -0.39 is 0 Å². The van der Waals surface area contributed by atoms with Crippen LogP contribution in [0.1, 0.15) is 25.0 Å². The van der Waals surface area contributed by atoms with Gasteiger partial charge in [0.25, 0.3) is 0 Å². The third-order valence-electron chi connectivity index (χ3n) is 4.22. The Kier molecular flexibility index (Phi) is 7.30. The normalized spacial score (nSPS) is 10.6. The minimum absolute atomic E-state index is 0.132. The predicted molar refractivity (Wildman–Crippen MR) is 117 cm³/mol. The van der Waals surface area contributed by atoms with Crippen LogP contribution in [0.3, 0.4) is 0 Å². The Bertz CT molecular complexity index is 957. The molecule has 29 heavy (non-hydrogen) atoms. The van der Waals surface area contributed by atoms with E-state index in [0.717, 1.165) is 15.6 Å². The SMILES string of the molecule is CCOc1cc(Br)c(CC(=O)Nc2ccnn2Cc2ccccc2)cc1OCC. The van der Waals surface area contributed by atoms with Gasteiger partial charge in [0.15, 0.2) is 11.5 Å². The van der Waals surface area contributed by atoms with Gasteiger partial charge in [-0.3, -0.25) is 4.79 Å². The van der Waals surface area contributed by atoms with Crippen LogP contribution in [-0.4, -0.2) is 28.9 Å². The van der Waals surface area contributed by atoms with E-state index in [1.165, 1.54) is 0 Å². The predicted octanol–water partition coefficient (Wildman–Crippen LogP) is 4.67. The number of rotatable bonds is 9. The number of hydrogen-bond donors (Lipinski definition) is 1. The molecule has 0 unspecified atom stereocenters. The number of carbonyl (C=O) groups is 1. The summed E-state index contributed by atoms with van der Waals surface area (Å²) in [5.41, 5.74) is 1.94. The van der Waals surface area contributed by atoms with Crippen molar-refractivity contribution in [1.29, 1.82) is 0 Å². The van der Waals surface area contributed by atoms with E-state index in [2.05, 4.69) is 26.3 Å². The Morgan fingerprint density at radius 3 is 2.45 bits per heavy atom. The highest BCUT2D eigenvalue weighted by molar-refractivity contribution is 9.10. The highest BCUT2D eigenvalue weighted by atomic mass is 79.9. The first kappa shape index (κ1) is 20.9. The van der Waals surface area contributed by atoms with Crippen LogP contribution in [-0.2, 0) is 17.8 Å².